The highest BCUT2D eigenvalue weighted by atomic mass is 14.9. The molecule has 0 N–H and O–H groups in total. The molecule has 0 amide bonds. The fourth-order valence-corrected chi connectivity index (χ4v) is 13.5. The maximum atomic E-state index is 6.23. The second kappa shape index (κ2) is 24.0. The Labute approximate surface area is 505 Å². The lowest BCUT2D eigenvalue weighted by Crippen LogP contribution is -2.14. The highest BCUT2D eigenvalue weighted by Crippen LogP contribution is 2.48. The van der Waals surface area contributed by atoms with E-state index in [9.17, 15) is 0 Å². The Morgan fingerprint density at radius 1 is 0.233 bits per heavy atom. The van der Waals surface area contributed by atoms with Crippen LogP contribution in [0.1, 0.15) is 113 Å². The molecule has 86 heavy (non-hydrogen) atoms. The predicted octanol–water partition coefficient (Wildman–Crippen LogP) is 21.1. The minimum atomic E-state index is -0.159. The molecule has 0 aliphatic heterocycles. The summed E-state index contributed by atoms with van der Waals surface area (Å²) in [5.41, 5.74) is 24.7. The summed E-state index contributed by atoms with van der Waals surface area (Å²) in [5, 5.41) is 2.33. The average Bonchev–Trinajstić information content (AvgIpc) is 1.76. The van der Waals surface area contributed by atoms with E-state index in [1.807, 2.05) is 0 Å². The van der Waals surface area contributed by atoms with E-state index in [-0.39, 0.29) is 23.7 Å². The van der Waals surface area contributed by atoms with E-state index in [1.165, 1.54) is 72.1 Å². The van der Waals surface area contributed by atoms with E-state index in [0.29, 0.717) is 0 Å². The zero-order valence-electron chi connectivity index (χ0n) is 48.4. The molecule has 2 heteroatoms. The van der Waals surface area contributed by atoms with Gasteiger partial charge in [0.25, 0.3) is 0 Å². The van der Waals surface area contributed by atoms with Gasteiger partial charge < -0.3 is 0 Å². The van der Waals surface area contributed by atoms with Gasteiger partial charge in [0.15, 0.2) is 0 Å². The van der Waals surface area contributed by atoms with Gasteiger partial charge in [-0.2, -0.15) is 0 Å². The van der Waals surface area contributed by atoms with E-state index >= 15 is 0 Å². The Balaban J connectivity index is 1.08. The van der Waals surface area contributed by atoms with Crippen molar-refractivity contribution in [2.24, 2.45) is 9.98 Å². The van der Waals surface area contributed by atoms with Crippen LogP contribution in [0.15, 0.2) is 338 Å². The Bertz CT molecular complexity index is 4150. The molecule has 0 bridgehead atoms. The molecule has 0 unspecified atom stereocenters. The third kappa shape index (κ3) is 10.4. The third-order valence-electron chi connectivity index (χ3n) is 17.4. The molecule has 0 radical (unpaired) electrons. The van der Waals surface area contributed by atoms with Crippen LogP contribution >= 0.6 is 0 Å². The number of hydrogen-bond acceptors (Lipinski definition) is 2. The van der Waals surface area contributed by atoms with E-state index in [2.05, 4.69) is 341 Å². The molecule has 0 fully saturated rings. The summed E-state index contributed by atoms with van der Waals surface area (Å²) in [6.45, 7) is 4.53. The first-order chi connectivity index (χ1) is 42.5. The van der Waals surface area contributed by atoms with E-state index in [4.69, 9.17) is 9.98 Å². The van der Waals surface area contributed by atoms with Crippen molar-refractivity contribution < 1.29 is 0 Å². The highest BCUT2D eigenvalue weighted by Gasteiger charge is 2.33. The van der Waals surface area contributed by atoms with E-state index in [0.717, 1.165) is 61.6 Å². The van der Waals surface area contributed by atoms with Gasteiger partial charge in [0, 0.05) is 40.2 Å². The van der Waals surface area contributed by atoms with Crippen molar-refractivity contribution >= 4 is 33.6 Å². The molecule has 0 atom stereocenters. The van der Waals surface area contributed by atoms with E-state index < -0.39 is 0 Å². The fourth-order valence-electron chi connectivity index (χ4n) is 13.5. The molecule has 0 saturated heterocycles. The largest absolute Gasteiger partial charge is 0.245 e. The summed E-state index contributed by atoms with van der Waals surface area (Å²) in [6.07, 6.45) is 0. The summed E-state index contributed by atoms with van der Waals surface area (Å²) >= 11 is 0. The van der Waals surface area contributed by atoms with Crippen LogP contribution in [-0.2, 0) is 0 Å². The van der Waals surface area contributed by atoms with Gasteiger partial charge in [0.1, 0.15) is 0 Å². The minimum Gasteiger partial charge on any atom is -0.245 e. The van der Waals surface area contributed by atoms with Crippen LogP contribution < -0.4 is 0 Å². The molecule has 14 rings (SSSR count). The second-order valence-corrected chi connectivity index (χ2v) is 22.7. The monoisotopic (exact) mass is 1100 g/mol. The molecule has 0 saturated carbocycles. The maximum absolute atomic E-state index is 6.23. The quantitative estimate of drug-likeness (QED) is 0.0914. The molecule has 1 aliphatic carbocycles. The minimum absolute atomic E-state index is 0.0308. The normalized spacial score (nSPS) is 13.0. The zero-order valence-corrected chi connectivity index (χ0v) is 48.4. The summed E-state index contributed by atoms with van der Waals surface area (Å²) in [5.74, 6) is -0.380. The number of hydrogen-bond donors (Lipinski definition) is 0. The summed E-state index contributed by atoms with van der Waals surface area (Å²) in [4.78, 5) is 12.5. The van der Waals surface area contributed by atoms with Crippen molar-refractivity contribution in [1.82, 2.24) is 0 Å². The lowest BCUT2D eigenvalue weighted by atomic mass is 9.78. The molecule has 0 heterocycles. The Morgan fingerprint density at radius 3 is 0.837 bits per heavy atom. The summed E-state index contributed by atoms with van der Waals surface area (Å²) in [6, 6.07) is 120. The molecule has 0 spiro atoms. The van der Waals surface area contributed by atoms with E-state index in [1.54, 1.807) is 0 Å². The molecule has 0 aromatic heterocycles. The first-order valence-corrected chi connectivity index (χ1v) is 30.0. The number of benzene rings is 13. The predicted molar refractivity (Wildman–Crippen MR) is 359 cm³/mol. The van der Waals surface area contributed by atoms with Crippen molar-refractivity contribution in [2.45, 2.75) is 37.5 Å². The van der Waals surface area contributed by atoms with Crippen LogP contribution in [0.2, 0.25) is 0 Å². The van der Waals surface area contributed by atoms with Gasteiger partial charge in [0.05, 0.1) is 22.8 Å². The van der Waals surface area contributed by atoms with Crippen molar-refractivity contribution in [3.05, 3.63) is 417 Å². The first-order valence-electron chi connectivity index (χ1n) is 30.0. The summed E-state index contributed by atoms with van der Waals surface area (Å²) < 4.78 is 0. The topological polar surface area (TPSA) is 24.7 Å². The maximum Gasteiger partial charge on any atom is 0.0979 e. The average molecular weight is 1100 g/mol. The lowest BCUT2D eigenvalue weighted by molar-refractivity contribution is 0.934. The van der Waals surface area contributed by atoms with Crippen molar-refractivity contribution in [3.63, 3.8) is 0 Å². The zero-order chi connectivity index (χ0) is 57.8. The number of aliphatic imine (C=N–C) groups is 2. The smallest absolute Gasteiger partial charge is 0.0979 e. The van der Waals surface area contributed by atoms with Gasteiger partial charge in [-0.15, -0.1) is 0 Å². The van der Waals surface area contributed by atoms with Crippen LogP contribution in [0.25, 0.3) is 21.9 Å². The molecule has 2 nitrogen and oxygen atoms in total. The Kier molecular flexibility index (Phi) is 14.9. The molecular formula is C84H64N2. The van der Waals surface area contributed by atoms with Gasteiger partial charge in [-0.05, 0) is 108 Å². The van der Waals surface area contributed by atoms with Crippen molar-refractivity contribution in [1.29, 1.82) is 0 Å². The van der Waals surface area contributed by atoms with Crippen LogP contribution in [0.5, 0.6) is 0 Å². The molecular weight excluding hydrogens is 1040 g/mol. The first kappa shape index (κ1) is 53.5. The third-order valence-corrected chi connectivity index (χ3v) is 17.4. The molecule has 1 aliphatic rings. The van der Waals surface area contributed by atoms with Crippen LogP contribution in [-0.4, -0.2) is 11.4 Å². The van der Waals surface area contributed by atoms with Gasteiger partial charge in [-0.3, -0.25) is 0 Å². The van der Waals surface area contributed by atoms with Gasteiger partial charge >= 0.3 is 0 Å². The SMILES string of the molecule is Cc1cc(C(c2ccccc2)c2ccccc2)cc(C(c2ccccc2)c2ccccc2)c1N=C1C(=Nc2c(C)cc(C(c3ccccc3)c3ccccc3)cc2C(c2ccccc2)c2ccccc2)c2ccc(-c3ccccc3)c3cccc1c23. The number of aryl methyl sites for hydroxylation is 2. The van der Waals surface area contributed by atoms with Gasteiger partial charge in [-0.1, -0.05) is 328 Å². The fraction of sp³-hybridized carbons (Fsp3) is 0.0714. The van der Waals surface area contributed by atoms with Gasteiger partial charge in [-0.25, -0.2) is 9.98 Å². The number of rotatable bonds is 15. The standard InChI is InChI=1S/C84H64N2/c1-57-53-68(76(60-33-14-4-15-34-60)61-35-16-5-17-36-61)55-74(78(64-41-22-8-23-42-64)65-43-24-9-25-44-65)81(57)85-83-72-50-30-49-71-70(59-31-12-3-13-32-59)51-52-73(80(71)72)84(83)86-82-58(2)54-69(77(62-37-18-6-19-38-62)63-39-20-7-21-40-63)56-75(82)79(66-45-26-10-27-46-66)67-47-28-11-29-48-67/h3-56,76-79H,1-2H3. The lowest BCUT2D eigenvalue weighted by Gasteiger charge is -2.26. The Hall–Kier alpha value is -10.5. The number of nitrogens with zero attached hydrogens (tertiary/aromatic N) is 2. The van der Waals surface area contributed by atoms with Gasteiger partial charge in [0.2, 0.25) is 0 Å². The van der Waals surface area contributed by atoms with Crippen LogP contribution in [0, 0.1) is 13.8 Å². The summed E-state index contributed by atoms with van der Waals surface area (Å²) in [7, 11) is 0. The molecule has 13 aromatic carbocycles. The molecule has 410 valence electrons. The van der Waals surface area contributed by atoms with Crippen LogP contribution in [0.4, 0.5) is 11.4 Å². The molecule has 13 aromatic rings. The second-order valence-electron chi connectivity index (χ2n) is 22.7. The van der Waals surface area contributed by atoms with Crippen molar-refractivity contribution in [3.8, 4) is 11.1 Å². The van der Waals surface area contributed by atoms with Crippen molar-refractivity contribution in [2.75, 3.05) is 0 Å². The highest BCUT2D eigenvalue weighted by molar-refractivity contribution is 6.61. The Morgan fingerprint density at radius 2 is 0.512 bits per heavy atom. The van der Waals surface area contributed by atoms with Crippen LogP contribution in [0.3, 0.4) is 0 Å².